The molecule has 2 nitrogen and oxygen atoms in total. The third-order valence-corrected chi connectivity index (χ3v) is 2.95. The van der Waals surface area contributed by atoms with Crippen LogP contribution in [0.4, 0.5) is 4.39 Å². The van der Waals surface area contributed by atoms with E-state index in [1.54, 1.807) is 19.9 Å². The number of carbonyl (C=O) groups is 1. The maximum atomic E-state index is 13.3. The van der Waals surface area contributed by atoms with Crippen LogP contribution in [0.25, 0.3) is 0 Å². The van der Waals surface area contributed by atoms with Crippen molar-refractivity contribution in [2.24, 2.45) is 5.92 Å². The first-order valence-corrected chi connectivity index (χ1v) is 5.47. The fourth-order valence-electron chi connectivity index (χ4n) is 1.37. The van der Waals surface area contributed by atoms with E-state index >= 15 is 0 Å². The zero-order chi connectivity index (χ0) is 12.3. The maximum absolute atomic E-state index is 13.3. The van der Waals surface area contributed by atoms with E-state index in [4.69, 9.17) is 16.7 Å². The zero-order valence-electron chi connectivity index (χ0n) is 9.26. The van der Waals surface area contributed by atoms with E-state index in [0.29, 0.717) is 29.0 Å². The molecule has 1 N–H and O–H groups in total. The molecule has 0 saturated heterocycles. The van der Waals surface area contributed by atoms with Gasteiger partial charge in [-0.3, -0.25) is 4.79 Å². The maximum Gasteiger partial charge on any atom is 0.306 e. The molecule has 0 aromatic heterocycles. The summed E-state index contributed by atoms with van der Waals surface area (Å²) >= 11 is 5.95. The number of carboxylic acid groups (broad SMARTS) is 1. The van der Waals surface area contributed by atoms with Crippen LogP contribution in [0, 0.1) is 18.7 Å². The Morgan fingerprint density at radius 2 is 2.19 bits per heavy atom. The molecule has 1 rings (SSSR count). The summed E-state index contributed by atoms with van der Waals surface area (Å²) in [6, 6.07) is 2.95. The van der Waals surface area contributed by atoms with Crippen molar-refractivity contribution in [1.82, 2.24) is 0 Å². The highest BCUT2D eigenvalue weighted by Gasteiger charge is 2.12. The second kappa shape index (κ2) is 5.30. The number of benzene rings is 1. The third-order valence-electron chi connectivity index (χ3n) is 2.60. The minimum atomic E-state index is -0.844. The van der Waals surface area contributed by atoms with E-state index in [1.807, 2.05) is 0 Å². The summed E-state index contributed by atoms with van der Waals surface area (Å²) in [5.41, 5.74) is 1.16. The number of rotatable bonds is 4. The van der Waals surface area contributed by atoms with Crippen LogP contribution in [0.5, 0.6) is 0 Å². The summed E-state index contributed by atoms with van der Waals surface area (Å²) in [6.45, 7) is 3.27. The van der Waals surface area contributed by atoms with Crippen LogP contribution in [-0.2, 0) is 11.2 Å². The Labute approximate surface area is 99.0 Å². The molecule has 0 fully saturated rings. The Bertz CT molecular complexity index is 404. The first-order chi connectivity index (χ1) is 7.41. The van der Waals surface area contributed by atoms with Gasteiger partial charge in [-0.05, 0) is 43.0 Å². The number of aliphatic carboxylic acids is 1. The molecule has 1 atom stereocenters. The molecule has 0 aliphatic rings. The van der Waals surface area contributed by atoms with Gasteiger partial charge in [0.1, 0.15) is 5.82 Å². The van der Waals surface area contributed by atoms with Gasteiger partial charge in [-0.1, -0.05) is 18.5 Å². The third kappa shape index (κ3) is 3.20. The van der Waals surface area contributed by atoms with Crippen molar-refractivity contribution in [3.05, 3.63) is 34.1 Å². The molecule has 1 unspecified atom stereocenters. The van der Waals surface area contributed by atoms with E-state index < -0.39 is 11.9 Å². The summed E-state index contributed by atoms with van der Waals surface area (Å²) in [5.74, 6) is -1.59. The fraction of sp³-hybridized carbons (Fsp3) is 0.417. The minimum Gasteiger partial charge on any atom is -0.481 e. The molecule has 16 heavy (non-hydrogen) atoms. The van der Waals surface area contributed by atoms with Crippen molar-refractivity contribution >= 4 is 17.6 Å². The van der Waals surface area contributed by atoms with Gasteiger partial charge in [0.2, 0.25) is 0 Å². The molecule has 1 aromatic carbocycles. The van der Waals surface area contributed by atoms with Crippen molar-refractivity contribution in [2.75, 3.05) is 0 Å². The lowest BCUT2D eigenvalue weighted by Crippen LogP contribution is -2.10. The lowest BCUT2D eigenvalue weighted by molar-refractivity contribution is -0.141. The molecule has 0 bridgehead atoms. The molecule has 0 aliphatic heterocycles. The SMILES string of the molecule is Cc1cc(Cl)c(CCC(C)C(=O)O)cc1F. The quantitative estimate of drug-likeness (QED) is 0.881. The zero-order valence-corrected chi connectivity index (χ0v) is 10.0. The van der Waals surface area contributed by atoms with Crippen molar-refractivity contribution in [3.63, 3.8) is 0 Å². The lowest BCUT2D eigenvalue weighted by atomic mass is 10.0. The molecule has 0 radical (unpaired) electrons. The largest absolute Gasteiger partial charge is 0.481 e. The topological polar surface area (TPSA) is 37.3 Å². The van der Waals surface area contributed by atoms with E-state index in [9.17, 15) is 9.18 Å². The normalized spacial score (nSPS) is 12.5. The first kappa shape index (κ1) is 13.0. The molecule has 0 heterocycles. The Hall–Kier alpha value is -1.09. The first-order valence-electron chi connectivity index (χ1n) is 5.09. The second-order valence-corrected chi connectivity index (χ2v) is 4.38. The summed E-state index contributed by atoms with van der Waals surface area (Å²) < 4.78 is 13.3. The summed E-state index contributed by atoms with van der Waals surface area (Å²) in [5, 5.41) is 9.22. The van der Waals surface area contributed by atoms with Crippen LogP contribution in [0.1, 0.15) is 24.5 Å². The summed E-state index contributed by atoms with van der Waals surface area (Å²) in [7, 11) is 0. The molecule has 88 valence electrons. The number of hydrogen-bond acceptors (Lipinski definition) is 1. The van der Waals surface area contributed by atoms with Crippen LogP contribution < -0.4 is 0 Å². The van der Waals surface area contributed by atoms with Gasteiger partial charge in [0.15, 0.2) is 0 Å². The van der Waals surface area contributed by atoms with Gasteiger partial charge in [0.25, 0.3) is 0 Å². The lowest BCUT2D eigenvalue weighted by Gasteiger charge is -2.08. The fourth-order valence-corrected chi connectivity index (χ4v) is 1.69. The molecule has 0 aliphatic carbocycles. The van der Waals surface area contributed by atoms with Gasteiger partial charge < -0.3 is 5.11 Å². The average Bonchev–Trinajstić information content (AvgIpc) is 2.20. The Balaban J connectivity index is 2.74. The number of carboxylic acids is 1. The smallest absolute Gasteiger partial charge is 0.306 e. The average molecular weight is 245 g/mol. The molecule has 4 heteroatoms. The van der Waals surface area contributed by atoms with Crippen molar-refractivity contribution in [1.29, 1.82) is 0 Å². The monoisotopic (exact) mass is 244 g/mol. The number of halogens is 2. The van der Waals surface area contributed by atoms with Gasteiger partial charge in [0.05, 0.1) is 5.92 Å². The van der Waals surface area contributed by atoms with Crippen molar-refractivity contribution in [3.8, 4) is 0 Å². The van der Waals surface area contributed by atoms with Gasteiger partial charge in [-0.2, -0.15) is 0 Å². The Morgan fingerprint density at radius 1 is 1.56 bits per heavy atom. The minimum absolute atomic E-state index is 0.303. The molecule has 0 amide bonds. The highest BCUT2D eigenvalue weighted by atomic mass is 35.5. The van der Waals surface area contributed by atoms with Crippen molar-refractivity contribution < 1.29 is 14.3 Å². The standard InChI is InChI=1S/C12H14ClFO2/c1-7(12(15)16)3-4-9-6-11(14)8(2)5-10(9)13/h5-7H,3-4H2,1-2H3,(H,15,16). The van der Waals surface area contributed by atoms with Crippen LogP contribution in [-0.4, -0.2) is 11.1 Å². The molecule has 1 aromatic rings. The van der Waals surface area contributed by atoms with Gasteiger partial charge >= 0.3 is 5.97 Å². The number of aryl methyl sites for hydroxylation is 2. The van der Waals surface area contributed by atoms with Gasteiger partial charge in [0, 0.05) is 5.02 Å². The van der Waals surface area contributed by atoms with E-state index in [2.05, 4.69) is 0 Å². The Kier molecular flexibility index (Phi) is 4.30. The van der Waals surface area contributed by atoms with Gasteiger partial charge in [-0.15, -0.1) is 0 Å². The summed E-state index contributed by atoms with van der Waals surface area (Å²) in [4.78, 5) is 10.6. The van der Waals surface area contributed by atoms with E-state index in [1.165, 1.54) is 6.07 Å². The van der Waals surface area contributed by atoms with Crippen LogP contribution in [0.2, 0.25) is 5.02 Å². The highest BCUT2D eigenvalue weighted by Crippen LogP contribution is 2.22. The number of hydrogen-bond donors (Lipinski definition) is 1. The van der Waals surface area contributed by atoms with E-state index in [0.717, 1.165) is 0 Å². The predicted octanol–water partition coefficient (Wildman–Crippen LogP) is 3.44. The van der Waals surface area contributed by atoms with Crippen LogP contribution in [0.15, 0.2) is 12.1 Å². The summed E-state index contributed by atoms with van der Waals surface area (Å²) in [6.07, 6.45) is 0.932. The molecular formula is C12H14ClFO2. The molecular weight excluding hydrogens is 231 g/mol. The Morgan fingerprint density at radius 3 is 2.75 bits per heavy atom. The van der Waals surface area contributed by atoms with Gasteiger partial charge in [-0.25, -0.2) is 4.39 Å². The highest BCUT2D eigenvalue weighted by molar-refractivity contribution is 6.31. The predicted molar refractivity (Wildman–Crippen MR) is 61.3 cm³/mol. The molecule has 0 spiro atoms. The van der Waals surface area contributed by atoms with E-state index in [-0.39, 0.29) is 5.82 Å². The van der Waals surface area contributed by atoms with Crippen LogP contribution in [0.3, 0.4) is 0 Å². The van der Waals surface area contributed by atoms with Crippen LogP contribution >= 0.6 is 11.6 Å². The van der Waals surface area contributed by atoms with Crippen molar-refractivity contribution in [2.45, 2.75) is 26.7 Å². The molecule has 0 saturated carbocycles. The second-order valence-electron chi connectivity index (χ2n) is 3.97.